The number of anilines is 2. The molecule has 7 rings (SSSR count). The van der Waals surface area contributed by atoms with E-state index in [1.807, 2.05) is 16.7 Å². The Morgan fingerprint density at radius 3 is 2.60 bits per heavy atom. The lowest BCUT2D eigenvalue weighted by molar-refractivity contribution is -0.121. The molecule has 40 heavy (non-hydrogen) atoms. The van der Waals surface area contributed by atoms with Crippen LogP contribution in [0.25, 0.3) is 11.1 Å². The van der Waals surface area contributed by atoms with Crippen LogP contribution in [0.1, 0.15) is 59.0 Å². The number of rotatable bonds is 6. The Kier molecular flexibility index (Phi) is 6.34. The summed E-state index contributed by atoms with van der Waals surface area (Å²) in [6.45, 7) is 2.92. The van der Waals surface area contributed by atoms with Crippen LogP contribution in [0.5, 0.6) is 0 Å². The quantitative estimate of drug-likeness (QED) is 0.343. The first kappa shape index (κ1) is 25.0. The van der Waals surface area contributed by atoms with Gasteiger partial charge in [-0.3, -0.25) is 14.9 Å². The SMILES string of the molecule is O=C(Nc1nccs1)C(c1ncn2c1CCC2)N1Cc2c(F)cc(-c3ccc(N4CCCCC4)cc3)cc2C1=O. The fraction of sp³-hybridized carbons (Fsp3) is 0.333. The second-order valence-corrected chi connectivity index (χ2v) is 11.5. The first-order valence-corrected chi connectivity index (χ1v) is 14.7. The number of fused-ring (bicyclic) bond motifs is 2. The van der Waals surface area contributed by atoms with E-state index < -0.39 is 17.8 Å². The molecular weight excluding hydrogens is 527 g/mol. The van der Waals surface area contributed by atoms with E-state index in [-0.39, 0.29) is 18.0 Å². The predicted octanol–water partition coefficient (Wildman–Crippen LogP) is 5.42. The molecule has 2 amide bonds. The van der Waals surface area contributed by atoms with Gasteiger partial charge in [0.2, 0.25) is 0 Å². The largest absolute Gasteiger partial charge is 0.372 e. The number of carbonyl (C=O) groups excluding carboxylic acids is 2. The summed E-state index contributed by atoms with van der Waals surface area (Å²) < 4.78 is 17.6. The monoisotopic (exact) mass is 556 g/mol. The van der Waals surface area contributed by atoms with Crippen LogP contribution in [-0.4, -0.2) is 44.3 Å². The molecule has 1 N–H and O–H groups in total. The van der Waals surface area contributed by atoms with Crippen molar-refractivity contribution < 1.29 is 14.0 Å². The Labute approximate surface area is 235 Å². The van der Waals surface area contributed by atoms with E-state index in [4.69, 9.17) is 0 Å². The lowest BCUT2D eigenvalue weighted by Crippen LogP contribution is -2.38. The minimum atomic E-state index is -0.996. The zero-order valence-corrected chi connectivity index (χ0v) is 22.8. The third-order valence-electron chi connectivity index (χ3n) is 8.21. The first-order valence-electron chi connectivity index (χ1n) is 13.8. The lowest BCUT2D eigenvalue weighted by Gasteiger charge is -2.28. The number of piperidine rings is 1. The number of aromatic nitrogens is 3. The highest BCUT2D eigenvalue weighted by Gasteiger charge is 2.42. The van der Waals surface area contributed by atoms with E-state index in [0.29, 0.717) is 22.0 Å². The lowest BCUT2D eigenvalue weighted by atomic mass is 9.99. The van der Waals surface area contributed by atoms with Gasteiger partial charge in [0.05, 0.1) is 18.6 Å². The molecule has 10 heteroatoms. The van der Waals surface area contributed by atoms with Crippen molar-refractivity contribution in [1.82, 2.24) is 19.4 Å². The summed E-state index contributed by atoms with van der Waals surface area (Å²) in [7, 11) is 0. The molecular formula is C30H29FN6O2S. The van der Waals surface area contributed by atoms with Gasteiger partial charge in [-0.15, -0.1) is 11.3 Å². The predicted molar refractivity (Wildman–Crippen MR) is 152 cm³/mol. The van der Waals surface area contributed by atoms with Crippen molar-refractivity contribution in [2.24, 2.45) is 0 Å². The number of carbonyl (C=O) groups is 2. The minimum absolute atomic E-state index is 0.00354. The maximum atomic E-state index is 15.6. The zero-order chi connectivity index (χ0) is 27.2. The molecule has 3 aliphatic heterocycles. The van der Waals surface area contributed by atoms with Crippen LogP contribution >= 0.6 is 11.3 Å². The van der Waals surface area contributed by atoms with Crippen LogP contribution in [0.15, 0.2) is 54.3 Å². The number of thiazole rings is 1. The molecule has 0 bridgehead atoms. The highest BCUT2D eigenvalue weighted by molar-refractivity contribution is 7.13. The van der Waals surface area contributed by atoms with Crippen LogP contribution in [-0.2, 0) is 24.3 Å². The zero-order valence-electron chi connectivity index (χ0n) is 22.0. The smallest absolute Gasteiger partial charge is 0.255 e. The minimum Gasteiger partial charge on any atom is -0.372 e. The molecule has 0 saturated carbocycles. The summed E-state index contributed by atoms with van der Waals surface area (Å²) in [5.41, 5.74) is 4.73. The topological polar surface area (TPSA) is 83.4 Å². The Balaban J connectivity index is 1.20. The van der Waals surface area contributed by atoms with Crippen LogP contribution in [0.2, 0.25) is 0 Å². The molecule has 1 unspecified atom stereocenters. The highest BCUT2D eigenvalue weighted by atomic mass is 32.1. The van der Waals surface area contributed by atoms with Crippen molar-refractivity contribution >= 4 is 34.0 Å². The van der Waals surface area contributed by atoms with Crippen molar-refractivity contribution in [3.63, 3.8) is 0 Å². The molecule has 0 spiro atoms. The van der Waals surface area contributed by atoms with Crippen LogP contribution in [0, 0.1) is 5.82 Å². The van der Waals surface area contributed by atoms with Crippen LogP contribution in [0.3, 0.4) is 0 Å². The molecule has 2 aromatic carbocycles. The van der Waals surface area contributed by atoms with Gasteiger partial charge in [0.1, 0.15) is 5.82 Å². The Morgan fingerprint density at radius 2 is 1.82 bits per heavy atom. The maximum absolute atomic E-state index is 15.6. The fourth-order valence-corrected chi connectivity index (χ4v) is 6.71. The number of hydrogen-bond acceptors (Lipinski definition) is 6. The summed E-state index contributed by atoms with van der Waals surface area (Å²) in [5, 5.41) is 5.05. The number of imidazole rings is 1. The summed E-state index contributed by atoms with van der Waals surface area (Å²) in [6, 6.07) is 10.4. The summed E-state index contributed by atoms with van der Waals surface area (Å²) in [5.74, 6) is -1.23. The standard InChI is InChI=1S/C30H29FN6O2S/c31-24-16-20(19-6-8-21(9-7-19)35-11-2-1-3-12-35)15-22-23(24)17-37(29(22)39)27(28(38)34-30-32-10-14-40-30)26-25-5-4-13-36(25)18-33-26/h6-10,14-16,18,27H,1-5,11-13,17H2,(H,32,34,38). The number of amides is 2. The van der Waals surface area contributed by atoms with Gasteiger partial charge in [0, 0.05) is 53.7 Å². The number of hydrogen-bond donors (Lipinski definition) is 1. The van der Waals surface area contributed by atoms with Gasteiger partial charge in [0.15, 0.2) is 11.2 Å². The third kappa shape index (κ3) is 4.36. The summed E-state index contributed by atoms with van der Waals surface area (Å²) in [4.78, 5) is 40.1. The van der Waals surface area contributed by atoms with Crippen molar-refractivity contribution in [2.75, 3.05) is 23.3 Å². The average molecular weight is 557 g/mol. The Hall–Kier alpha value is -4.05. The number of nitrogens with zero attached hydrogens (tertiary/aromatic N) is 5. The van der Waals surface area contributed by atoms with Gasteiger partial charge < -0.3 is 14.4 Å². The normalized spacial score (nSPS) is 17.2. The molecule has 0 radical (unpaired) electrons. The third-order valence-corrected chi connectivity index (χ3v) is 8.90. The highest BCUT2D eigenvalue weighted by Crippen LogP contribution is 2.38. The van der Waals surface area contributed by atoms with Crippen molar-refractivity contribution in [3.8, 4) is 11.1 Å². The number of benzene rings is 2. The molecule has 8 nitrogen and oxygen atoms in total. The molecule has 4 aromatic rings. The van der Waals surface area contributed by atoms with Gasteiger partial charge >= 0.3 is 0 Å². The average Bonchev–Trinajstić information content (AvgIpc) is 3.78. The second-order valence-electron chi connectivity index (χ2n) is 10.6. The summed E-state index contributed by atoms with van der Waals surface area (Å²) in [6.07, 6.45) is 8.72. The molecule has 1 fully saturated rings. The van der Waals surface area contributed by atoms with Crippen molar-refractivity contribution in [3.05, 3.63) is 82.6 Å². The first-order chi connectivity index (χ1) is 19.6. The molecule has 2 aromatic heterocycles. The number of halogens is 1. The van der Waals surface area contributed by atoms with E-state index in [0.717, 1.165) is 49.4 Å². The van der Waals surface area contributed by atoms with Gasteiger partial charge in [0.25, 0.3) is 11.8 Å². The number of nitrogens with one attached hydrogen (secondary N) is 1. The molecule has 0 aliphatic carbocycles. The van der Waals surface area contributed by atoms with Crippen LogP contribution < -0.4 is 10.2 Å². The van der Waals surface area contributed by atoms with Gasteiger partial charge in [-0.2, -0.15) is 0 Å². The van der Waals surface area contributed by atoms with Crippen LogP contribution in [0.4, 0.5) is 15.2 Å². The van der Waals surface area contributed by atoms with E-state index in [2.05, 4.69) is 32.3 Å². The molecule has 204 valence electrons. The number of aryl methyl sites for hydroxylation is 1. The molecule has 1 saturated heterocycles. The molecule has 5 heterocycles. The van der Waals surface area contributed by atoms with E-state index >= 15 is 4.39 Å². The van der Waals surface area contributed by atoms with E-state index in [1.54, 1.807) is 24.0 Å². The van der Waals surface area contributed by atoms with E-state index in [9.17, 15) is 9.59 Å². The molecule has 1 atom stereocenters. The maximum Gasteiger partial charge on any atom is 0.255 e. The summed E-state index contributed by atoms with van der Waals surface area (Å²) >= 11 is 1.30. The van der Waals surface area contributed by atoms with Gasteiger partial charge in [-0.25, -0.2) is 14.4 Å². The molecule has 3 aliphatic rings. The second kappa shape index (κ2) is 10.2. The Bertz CT molecular complexity index is 1580. The van der Waals surface area contributed by atoms with Gasteiger partial charge in [-0.1, -0.05) is 12.1 Å². The van der Waals surface area contributed by atoms with Gasteiger partial charge in [-0.05, 0) is 67.5 Å². The van der Waals surface area contributed by atoms with Crippen molar-refractivity contribution in [2.45, 2.75) is 51.2 Å². The Morgan fingerprint density at radius 1 is 1.00 bits per heavy atom. The fourth-order valence-electron chi connectivity index (χ4n) is 6.18. The van der Waals surface area contributed by atoms with Crippen molar-refractivity contribution in [1.29, 1.82) is 0 Å². The van der Waals surface area contributed by atoms with E-state index in [1.165, 1.54) is 41.6 Å².